The summed E-state index contributed by atoms with van der Waals surface area (Å²) >= 11 is 7.31. The molecule has 2 N–H and O–H groups in total. The van der Waals surface area contributed by atoms with Crippen LogP contribution in [0.4, 0.5) is 11.5 Å². The van der Waals surface area contributed by atoms with Crippen molar-refractivity contribution in [3.05, 3.63) is 28.8 Å². The molecule has 0 saturated carbocycles. The maximum Gasteiger partial charge on any atom is 0.234 e. The predicted molar refractivity (Wildman–Crippen MR) is 109 cm³/mol. The van der Waals surface area contributed by atoms with Crippen molar-refractivity contribution in [1.29, 1.82) is 0 Å². The Hall–Kier alpha value is -2.92. The molecule has 0 fully saturated rings. The van der Waals surface area contributed by atoms with Crippen molar-refractivity contribution in [2.75, 3.05) is 16.4 Å². The van der Waals surface area contributed by atoms with Crippen LogP contribution in [-0.4, -0.2) is 42.6 Å². The fraction of sp³-hybridized carbons (Fsp3) is 0.294. The zero-order chi connectivity index (χ0) is 21.0. The maximum atomic E-state index is 12.3. The van der Waals surface area contributed by atoms with E-state index in [0.29, 0.717) is 28.2 Å². The highest BCUT2D eigenvalue weighted by molar-refractivity contribution is 7.99. The molecule has 2 aromatic heterocycles. The molecule has 2 heterocycles. The molecule has 12 heteroatoms. The zero-order valence-electron chi connectivity index (χ0n) is 15.9. The average Bonchev–Trinajstić information content (AvgIpc) is 3.28. The number of nitrogens with zero attached hydrogens (tertiary/aromatic N) is 5. The highest BCUT2D eigenvalue weighted by Crippen LogP contribution is 2.27. The number of amides is 2. The maximum absolute atomic E-state index is 12.3. The summed E-state index contributed by atoms with van der Waals surface area (Å²) in [5.41, 5.74) is 1.82. The van der Waals surface area contributed by atoms with E-state index in [-0.39, 0.29) is 29.1 Å². The summed E-state index contributed by atoms with van der Waals surface area (Å²) in [6.45, 7) is 5.66. The zero-order valence-corrected chi connectivity index (χ0v) is 17.5. The molecule has 0 aliphatic rings. The summed E-state index contributed by atoms with van der Waals surface area (Å²) in [5, 5.41) is 22.1. The summed E-state index contributed by atoms with van der Waals surface area (Å²) in [7, 11) is 0. The standard InChI is InChI=1S/C17H18ClN7O3S/c1-4-25-16(14-15(19-10(3)26)24-28-23-14)21-22-17(25)29-8-13(27)20-11-6-5-9(2)12(18)7-11/h5-7H,4,8H2,1-3H3,(H,20,27)(H,19,24,26). The van der Waals surface area contributed by atoms with Gasteiger partial charge in [-0.05, 0) is 41.9 Å². The molecule has 0 aliphatic heterocycles. The minimum atomic E-state index is -0.313. The molecule has 0 aliphatic carbocycles. The third-order valence-electron chi connectivity index (χ3n) is 3.82. The lowest BCUT2D eigenvalue weighted by Crippen LogP contribution is -2.14. The predicted octanol–water partition coefficient (Wildman–Crippen LogP) is 3.00. The highest BCUT2D eigenvalue weighted by Gasteiger charge is 2.22. The van der Waals surface area contributed by atoms with E-state index in [4.69, 9.17) is 16.2 Å². The molecule has 0 radical (unpaired) electrons. The summed E-state index contributed by atoms with van der Waals surface area (Å²) in [5.74, 6) is 0.145. The first-order chi connectivity index (χ1) is 13.9. The van der Waals surface area contributed by atoms with Crippen molar-refractivity contribution in [3.8, 4) is 11.5 Å². The summed E-state index contributed by atoms with van der Waals surface area (Å²) < 4.78 is 6.47. The average molecular weight is 436 g/mol. The Morgan fingerprint density at radius 3 is 2.72 bits per heavy atom. The second kappa shape index (κ2) is 9.05. The number of anilines is 2. The molecule has 0 saturated heterocycles. The fourth-order valence-corrected chi connectivity index (χ4v) is 3.42. The quantitative estimate of drug-likeness (QED) is 0.542. The van der Waals surface area contributed by atoms with E-state index >= 15 is 0 Å². The SMILES string of the molecule is CCn1c(SCC(=O)Nc2ccc(C)c(Cl)c2)nnc1-c1nonc1NC(C)=O. The van der Waals surface area contributed by atoms with Crippen LogP contribution in [-0.2, 0) is 16.1 Å². The van der Waals surface area contributed by atoms with E-state index in [0.717, 1.165) is 5.56 Å². The lowest BCUT2D eigenvalue weighted by molar-refractivity contribution is -0.114. The number of carbonyl (C=O) groups is 2. The minimum Gasteiger partial charge on any atom is -0.325 e. The first kappa shape index (κ1) is 20.8. The normalized spacial score (nSPS) is 10.8. The molecular weight excluding hydrogens is 418 g/mol. The van der Waals surface area contributed by atoms with E-state index in [2.05, 4.69) is 31.1 Å². The number of benzene rings is 1. The van der Waals surface area contributed by atoms with Crippen LogP contribution < -0.4 is 10.6 Å². The number of halogens is 1. The minimum absolute atomic E-state index is 0.124. The van der Waals surface area contributed by atoms with Crippen molar-refractivity contribution in [2.45, 2.75) is 32.5 Å². The Bertz CT molecular complexity index is 1050. The first-order valence-electron chi connectivity index (χ1n) is 8.61. The van der Waals surface area contributed by atoms with Crippen LogP contribution >= 0.6 is 23.4 Å². The van der Waals surface area contributed by atoms with E-state index in [1.165, 1.54) is 18.7 Å². The van der Waals surface area contributed by atoms with Gasteiger partial charge in [0.2, 0.25) is 17.6 Å². The number of hydrogen-bond acceptors (Lipinski definition) is 8. The molecule has 0 atom stereocenters. The van der Waals surface area contributed by atoms with Crippen molar-refractivity contribution in [1.82, 2.24) is 25.1 Å². The van der Waals surface area contributed by atoms with Gasteiger partial charge in [-0.15, -0.1) is 10.2 Å². The molecule has 3 rings (SSSR count). The lowest BCUT2D eigenvalue weighted by atomic mass is 10.2. The monoisotopic (exact) mass is 435 g/mol. The van der Waals surface area contributed by atoms with Gasteiger partial charge >= 0.3 is 0 Å². The number of aryl methyl sites for hydroxylation is 1. The Balaban J connectivity index is 1.70. The molecule has 0 bridgehead atoms. The van der Waals surface area contributed by atoms with E-state index < -0.39 is 0 Å². The molecule has 1 aromatic carbocycles. The number of thioether (sulfide) groups is 1. The van der Waals surface area contributed by atoms with Crippen LogP contribution in [0.25, 0.3) is 11.5 Å². The first-order valence-corrected chi connectivity index (χ1v) is 9.98. The number of nitrogens with one attached hydrogen (secondary N) is 2. The topological polar surface area (TPSA) is 128 Å². The van der Waals surface area contributed by atoms with Gasteiger partial charge < -0.3 is 15.2 Å². The van der Waals surface area contributed by atoms with Crippen molar-refractivity contribution >= 4 is 46.7 Å². The van der Waals surface area contributed by atoms with Crippen LogP contribution in [0, 0.1) is 6.92 Å². The lowest BCUT2D eigenvalue weighted by Gasteiger charge is -2.08. The van der Waals surface area contributed by atoms with Gasteiger partial charge in [-0.1, -0.05) is 29.4 Å². The largest absolute Gasteiger partial charge is 0.325 e. The smallest absolute Gasteiger partial charge is 0.234 e. The van der Waals surface area contributed by atoms with Crippen LogP contribution in [0.2, 0.25) is 5.02 Å². The molecule has 29 heavy (non-hydrogen) atoms. The number of carbonyl (C=O) groups excluding carboxylic acids is 2. The Morgan fingerprint density at radius 2 is 2.03 bits per heavy atom. The van der Waals surface area contributed by atoms with Crippen LogP contribution in [0.15, 0.2) is 28.0 Å². The van der Waals surface area contributed by atoms with Gasteiger partial charge in [0.15, 0.2) is 16.7 Å². The molecule has 0 unspecified atom stereocenters. The van der Waals surface area contributed by atoms with E-state index in [1.54, 1.807) is 16.7 Å². The van der Waals surface area contributed by atoms with E-state index in [9.17, 15) is 9.59 Å². The molecule has 2 amide bonds. The third kappa shape index (κ3) is 4.93. The molecule has 10 nitrogen and oxygen atoms in total. The van der Waals surface area contributed by atoms with Crippen molar-refractivity contribution < 1.29 is 14.2 Å². The molecule has 3 aromatic rings. The molecular formula is C17H18ClN7O3S. The van der Waals surface area contributed by atoms with Gasteiger partial charge in [0.05, 0.1) is 5.75 Å². The Labute approximate surface area is 175 Å². The Morgan fingerprint density at radius 1 is 1.24 bits per heavy atom. The highest BCUT2D eigenvalue weighted by atomic mass is 35.5. The third-order valence-corrected chi connectivity index (χ3v) is 5.19. The van der Waals surface area contributed by atoms with Gasteiger partial charge in [0.25, 0.3) is 0 Å². The second-order valence-corrected chi connectivity index (χ2v) is 7.34. The van der Waals surface area contributed by atoms with Gasteiger partial charge in [-0.25, -0.2) is 4.63 Å². The van der Waals surface area contributed by atoms with Crippen LogP contribution in [0.5, 0.6) is 0 Å². The summed E-state index contributed by atoms with van der Waals surface area (Å²) in [6.07, 6.45) is 0. The molecule has 152 valence electrons. The van der Waals surface area contributed by atoms with Gasteiger partial charge in [-0.3, -0.25) is 9.59 Å². The summed E-state index contributed by atoms with van der Waals surface area (Å²) in [6, 6.07) is 5.33. The summed E-state index contributed by atoms with van der Waals surface area (Å²) in [4.78, 5) is 23.6. The van der Waals surface area contributed by atoms with Crippen molar-refractivity contribution in [2.24, 2.45) is 0 Å². The van der Waals surface area contributed by atoms with Gasteiger partial charge in [-0.2, -0.15) is 0 Å². The van der Waals surface area contributed by atoms with E-state index in [1.807, 2.05) is 19.9 Å². The molecule has 0 spiro atoms. The van der Waals surface area contributed by atoms with Crippen molar-refractivity contribution in [3.63, 3.8) is 0 Å². The van der Waals surface area contributed by atoms with Crippen LogP contribution in [0.1, 0.15) is 19.4 Å². The van der Waals surface area contributed by atoms with Gasteiger partial charge in [0, 0.05) is 24.2 Å². The van der Waals surface area contributed by atoms with Crippen LogP contribution in [0.3, 0.4) is 0 Å². The number of aromatic nitrogens is 5. The number of rotatable bonds is 7. The fourth-order valence-electron chi connectivity index (χ4n) is 2.44. The Kier molecular flexibility index (Phi) is 6.49. The van der Waals surface area contributed by atoms with Gasteiger partial charge in [0.1, 0.15) is 0 Å². The second-order valence-electron chi connectivity index (χ2n) is 5.99. The number of hydrogen-bond donors (Lipinski definition) is 2.